The predicted octanol–water partition coefficient (Wildman–Crippen LogP) is 3.44. The Morgan fingerprint density at radius 3 is 2.20 bits per heavy atom. The van der Waals surface area contributed by atoms with Crippen molar-refractivity contribution in [2.24, 2.45) is 0 Å². The lowest BCUT2D eigenvalue weighted by molar-refractivity contribution is -0.115. The molecule has 1 fully saturated rings. The molecule has 4 rings (SSSR count). The largest absolute Gasteiger partial charge is 0.492 e. The van der Waals surface area contributed by atoms with Crippen molar-refractivity contribution in [3.63, 3.8) is 0 Å². The summed E-state index contributed by atoms with van der Waals surface area (Å²) < 4.78 is 37.8. The van der Waals surface area contributed by atoms with Crippen molar-refractivity contribution in [1.29, 1.82) is 0 Å². The maximum absolute atomic E-state index is 12.9. The first-order valence-electron chi connectivity index (χ1n) is 11.5. The molecule has 8 heteroatoms. The molecule has 3 aromatic rings. The monoisotopic (exact) mass is 492 g/mol. The van der Waals surface area contributed by atoms with Gasteiger partial charge in [-0.1, -0.05) is 60.7 Å². The summed E-state index contributed by atoms with van der Waals surface area (Å²) in [6, 6.07) is 25.5. The lowest BCUT2D eigenvalue weighted by Crippen LogP contribution is -2.40. The molecule has 0 spiro atoms. The Hall–Kier alpha value is -3.46. The number of hydrogen-bond donors (Lipinski definition) is 1. The van der Waals surface area contributed by atoms with Gasteiger partial charge in [-0.2, -0.15) is 4.31 Å². The Balaban J connectivity index is 1.33. The first kappa shape index (κ1) is 24.7. The molecule has 0 aromatic heterocycles. The lowest BCUT2D eigenvalue weighted by atomic mass is 10.0. The second-order valence-corrected chi connectivity index (χ2v) is 9.86. The second-order valence-electron chi connectivity index (χ2n) is 7.93. The van der Waals surface area contributed by atoms with Crippen LogP contribution >= 0.6 is 0 Å². The number of carbonyl (C=O) groups excluding carboxylic acids is 1. The van der Waals surface area contributed by atoms with Crippen molar-refractivity contribution in [2.45, 2.75) is 4.90 Å². The summed E-state index contributed by atoms with van der Waals surface area (Å²) in [5.74, 6) is 0.332. The van der Waals surface area contributed by atoms with E-state index in [1.807, 2.05) is 66.7 Å². The molecule has 0 unspecified atom stereocenters. The summed E-state index contributed by atoms with van der Waals surface area (Å²) in [4.78, 5) is 13.2. The fourth-order valence-electron chi connectivity index (χ4n) is 3.69. The van der Waals surface area contributed by atoms with E-state index in [2.05, 4.69) is 5.32 Å². The van der Waals surface area contributed by atoms with Gasteiger partial charge in [0.15, 0.2) is 0 Å². The summed E-state index contributed by atoms with van der Waals surface area (Å²) in [6.45, 7) is 2.05. The molecule has 0 saturated carbocycles. The van der Waals surface area contributed by atoms with Gasteiger partial charge in [-0.05, 0) is 41.5 Å². The number of benzene rings is 3. The number of amides is 1. The van der Waals surface area contributed by atoms with Crippen LogP contribution < -0.4 is 10.1 Å². The third kappa shape index (κ3) is 6.57. The van der Waals surface area contributed by atoms with Gasteiger partial charge in [0.1, 0.15) is 12.4 Å². The molecular formula is C27H28N2O5S. The Labute approximate surface area is 206 Å². The van der Waals surface area contributed by atoms with Crippen LogP contribution in [0.3, 0.4) is 0 Å². The van der Waals surface area contributed by atoms with Crippen molar-refractivity contribution in [3.8, 4) is 5.75 Å². The fraction of sp³-hybridized carbons (Fsp3) is 0.222. The molecule has 1 aliphatic rings. The standard InChI is InChI=1S/C27H28N2O5S/c30-27(26(23-9-5-2-6-10-23)21-22-7-3-1-4-8-22)28-15-18-34-24-11-13-25(14-12-24)35(31,32)29-16-19-33-20-17-29/h1-14,21H,15-20H2,(H,28,30)/b26-21+. The minimum absolute atomic E-state index is 0.199. The number of hydrogen-bond acceptors (Lipinski definition) is 5. The SMILES string of the molecule is O=C(NCCOc1ccc(S(=O)(=O)N2CCOCC2)cc1)/C(=C/c1ccccc1)c1ccccc1. The number of nitrogens with zero attached hydrogens (tertiary/aromatic N) is 1. The molecule has 0 bridgehead atoms. The highest BCUT2D eigenvalue weighted by Crippen LogP contribution is 2.21. The number of rotatable bonds is 9. The number of carbonyl (C=O) groups is 1. The average Bonchev–Trinajstić information content (AvgIpc) is 2.91. The summed E-state index contributed by atoms with van der Waals surface area (Å²) in [6.07, 6.45) is 1.86. The van der Waals surface area contributed by atoms with Crippen LogP contribution in [0.4, 0.5) is 0 Å². The topological polar surface area (TPSA) is 84.9 Å². The quantitative estimate of drug-likeness (QED) is 0.281. The third-order valence-electron chi connectivity index (χ3n) is 5.53. The van der Waals surface area contributed by atoms with Crippen LogP contribution in [-0.2, 0) is 19.6 Å². The third-order valence-corrected chi connectivity index (χ3v) is 7.44. The van der Waals surface area contributed by atoms with Crippen LogP contribution in [0, 0.1) is 0 Å². The second kappa shape index (κ2) is 11.8. The Morgan fingerprint density at radius 2 is 1.54 bits per heavy atom. The van der Waals surface area contributed by atoms with E-state index in [1.54, 1.807) is 12.1 Å². The van der Waals surface area contributed by atoms with Gasteiger partial charge in [0, 0.05) is 18.7 Å². The van der Waals surface area contributed by atoms with Gasteiger partial charge in [0.05, 0.1) is 24.7 Å². The van der Waals surface area contributed by atoms with E-state index in [-0.39, 0.29) is 17.4 Å². The van der Waals surface area contributed by atoms with Gasteiger partial charge >= 0.3 is 0 Å². The highest BCUT2D eigenvalue weighted by Gasteiger charge is 2.26. The first-order chi connectivity index (χ1) is 17.0. The molecule has 35 heavy (non-hydrogen) atoms. The van der Waals surface area contributed by atoms with Gasteiger partial charge in [0.25, 0.3) is 5.91 Å². The summed E-state index contributed by atoms with van der Waals surface area (Å²) in [7, 11) is -3.54. The average molecular weight is 493 g/mol. The number of morpholine rings is 1. The molecule has 1 saturated heterocycles. The maximum atomic E-state index is 12.9. The van der Waals surface area contributed by atoms with E-state index in [0.29, 0.717) is 44.2 Å². The smallest absolute Gasteiger partial charge is 0.252 e. The molecule has 0 atom stereocenters. The van der Waals surface area contributed by atoms with Crippen LogP contribution in [0.25, 0.3) is 11.6 Å². The molecule has 3 aromatic carbocycles. The maximum Gasteiger partial charge on any atom is 0.252 e. The van der Waals surface area contributed by atoms with Crippen molar-refractivity contribution in [2.75, 3.05) is 39.5 Å². The van der Waals surface area contributed by atoms with E-state index in [1.165, 1.54) is 16.4 Å². The van der Waals surface area contributed by atoms with Crippen LogP contribution in [0.15, 0.2) is 89.8 Å². The van der Waals surface area contributed by atoms with Crippen LogP contribution in [-0.4, -0.2) is 58.1 Å². The zero-order chi connectivity index (χ0) is 24.5. The normalized spacial score (nSPS) is 14.9. The number of sulfonamides is 1. The fourth-order valence-corrected chi connectivity index (χ4v) is 5.09. The van der Waals surface area contributed by atoms with Gasteiger partial charge < -0.3 is 14.8 Å². The van der Waals surface area contributed by atoms with E-state index in [4.69, 9.17) is 9.47 Å². The molecule has 0 aliphatic carbocycles. The minimum atomic E-state index is -3.54. The minimum Gasteiger partial charge on any atom is -0.492 e. The van der Waals surface area contributed by atoms with Crippen molar-refractivity contribution < 1.29 is 22.7 Å². The van der Waals surface area contributed by atoms with Crippen LogP contribution in [0.5, 0.6) is 5.75 Å². The highest BCUT2D eigenvalue weighted by atomic mass is 32.2. The van der Waals surface area contributed by atoms with Crippen molar-refractivity contribution >= 4 is 27.6 Å². The summed E-state index contributed by atoms with van der Waals surface area (Å²) >= 11 is 0. The summed E-state index contributed by atoms with van der Waals surface area (Å²) in [5.41, 5.74) is 2.33. The Morgan fingerprint density at radius 1 is 0.914 bits per heavy atom. The molecule has 7 nitrogen and oxygen atoms in total. The van der Waals surface area contributed by atoms with Gasteiger partial charge in [-0.25, -0.2) is 8.42 Å². The Kier molecular flexibility index (Phi) is 8.31. The zero-order valence-corrected chi connectivity index (χ0v) is 20.1. The first-order valence-corrected chi connectivity index (χ1v) is 12.9. The summed E-state index contributed by atoms with van der Waals surface area (Å²) in [5, 5.41) is 2.90. The number of nitrogens with one attached hydrogen (secondary N) is 1. The molecule has 0 radical (unpaired) electrons. The molecule has 1 amide bonds. The van der Waals surface area contributed by atoms with E-state index >= 15 is 0 Å². The zero-order valence-electron chi connectivity index (χ0n) is 19.3. The van der Waals surface area contributed by atoms with Crippen LogP contribution in [0.2, 0.25) is 0 Å². The van der Waals surface area contributed by atoms with Crippen LogP contribution in [0.1, 0.15) is 11.1 Å². The van der Waals surface area contributed by atoms with Crippen molar-refractivity contribution in [3.05, 3.63) is 96.1 Å². The lowest BCUT2D eigenvalue weighted by Gasteiger charge is -2.26. The molecule has 1 heterocycles. The Bertz CT molecular complexity index is 1240. The van der Waals surface area contributed by atoms with Gasteiger partial charge in [-0.15, -0.1) is 0 Å². The van der Waals surface area contributed by atoms with Gasteiger partial charge in [-0.3, -0.25) is 4.79 Å². The highest BCUT2D eigenvalue weighted by molar-refractivity contribution is 7.89. The van der Waals surface area contributed by atoms with E-state index < -0.39 is 10.0 Å². The molecule has 1 N–H and O–H groups in total. The number of ether oxygens (including phenoxy) is 2. The predicted molar refractivity (Wildman–Crippen MR) is 135 cm³/mol. The molecule has 182 valence electrons. The molecular weight excluding hydrogens is 464 g/mol. The van der Waals surface area contributed by atoms with Crippen molar-refractivity contribution in [1.82, 2.24) is 9.62 Å². The van der Waals surface area contributed by atoms with Gasteiger partial charge in [0.2, 0.25) is 10.0 Å². The van der Waals surface area contributed by atoms with E-state index in [0.717, 1.165) is 11.1 Å². The molecule has 1 aliphatic heterocycles. The van der Waals surface area contributed by atoms with E-state index in [9.17, 15) is 13.2 Å².